The lowest BCUT2D eigenvalue weighted by atomic mass is 9.99. The van der Waals surface area contributed by atoms with Gasteiger partial charge in [-0.05, 0) is 44.7 Å². The molecule has 1 N–H and O–H groups in total. The number of esters is 1. The fraction of sp³-hybridized carbons (Fsp3) is 0.500. The number of aryl methyl sites for hydroxylation is 1. The molecule has 164 valence electrons. The molecule has 7 nitrogen and oxygen atoms in total. The van der Waals surface area contributed by atoms with Crippen LogP contribution in [0.5, 0.6) is 5.75 Å². The molecule has 2 aromatic rings. The van der Waals surface area contributed by atoms with Gasteiger partial charge < -0.3 is 19.2 Å². The second kappa shape index (κ2) is 9.51. The summed E-state index contributed by atoms with van der Waals surface area (Å²) in [5.74, 6) is -0.857. The third kappa shape index (κ3) is 5.98. The van der Waals surface area contributed by atoms with Gasteiger partial charge in [-0.3, -0.25) is 0 Å². The van der Waals surface area contributed by atoms with E-state index in [2.05, 4.69) is 5.32 Å². The number of ether oxygens (including phenoxy) is 2. The molecule has 1 amide bonds. The van der Waals surface area contributed by atoms with E-state index < -0.39 is 29.3 Å². The molecule has 0 saturated carbocycles. The van der Waals surface area contributed by atoms with Crippen LogP contribution in [0.3, 0.4) is 0 Å². The molecule has 2 rings (SSSR count). The molecule has 0 bridgehead atoms. The molecule has 30 heavy (non-hydrogen) atoms. The van der Waals surface area contributed by atoms with Gasteiger partial charge in [0.05, 0.1) is 5.02 Å². The Morgan fingerprint density at radius 3 is 2.43 bits per heavy atom. The van der Waals surface area contributed by atoms with E-state index in [1.165, 1.54) is 12.1 Å². The predicted octanol–water partition coefficient (Wildman–Crippen LogP) is 4.85. The van der Waals surface area contributed by atoms with Crippen LogP contribution >= 0.6 is 11.6 Å². The van der Waals surface area contributed by atoms with Gasteiger partial charge in [-0.15, -0.1) is 0 Å². The summed E-state index contributed by atoms with van der Waals surface area (Å²) in [4.78, 5) is 36.8. The highest BCUT2D eigenvalue weighted by molar-refractivity contribution is 6.33. The lowest BCUT2D eigenvalue weighted by molar-refractivity contribution is -0.138. The third-order valence-electron chi connectivity index (χ3n) is 4.61. The maximum absolute atomic E-state index is 12.8. The highest BCUT2D eigenvalue weighted by Crippen LogP contribution is 2.32. The van der Waals surface area contributed by atoms with Crippen LogP contribution in [0.1, 0.15) is 53.5 Å². The molecule has 0 radical (unpaired) electrons. The summed E-state index contributed by atoms with van der Waals surface area (Å²) in [5, 5.41) is 3.44. The molecule has 2 atom stereocenters. The first kappa shape index (κ1) is 23.7. The Kier molecular flexibility index (Phi) is 7.53. The molecule has 0 fully saturated rings. The van der Waals surface area contributed by atoms with Crippen LogP contribution in [0.25, 0.3) is 11.0 Å². The zero-order valence-corrected chi connectivity index (χ0v) is 18.9. The zero-order chi connectivity index (χ0) is 22.6. The van der Waals surface area contributed by atoms with E-state index >= 15 is 0 Å². The Morgan fingerprint density at radius 1 is 1.20 bits per heavy atom. The van der Waals surface area contributed by atoms with Gasteiger partial charge in [0.1, 0.15) is 17.2 Å². The van der Waals surface area contributed by atoms with E-state index in [4.69, 9.17) is 25.5 Å². The molecule has 0 spiro atoms. The van der Waals surface area contributed by atoms with E-state index in [1.54, 1.807) is 26.8 Å². The lowest BCUT2D eigenvalue weighted by Gasteiger charge is -2.25. The summed E-state index contributed by atoms with van der Waals surface area (Å²) in [6.07, 6.45) is 0.524. The van der Waals surface area contributed by atoms with Crippen LogP contribution in [0.2, 0.25) is 5.02 Å². The predicted molar refractivity (Wildman–Crippen MR) is 115 cm³/mol. The van der Waals surface area contributed by atoms with Gasteiger partial charge >= 0.3 is 17.7 Å². The monoisotopic (exact) mass is 437 g/mol. The second-order valence-corrected chi connectivity index (χ2v) is 8.56. The van der Waals surface area contributed by atoms with Crippen molar-refractivity contribution in [2.75, 3.05) is 0 Å². The maximum Gasteiger partial charge on any atom is 0.408 e. The van der Waals surface area contributed by atoms with E-state index in [-0.39, 0.29) is 22.3 Å². The minimum Gasteiger partial charge on any atom is -0.444 e. The first-order valence-corrected chi connectivity index (χ1v) is 10.3. The standard InChI is InChI=1S/C22H28ClNO6/c1-7-12(3)19(24-21(27)30-22(4,5)6)20(26)29-17-11-16-14(10-15(17)23)13(8-2)9-18(25)28-16/h9-12,19H,7-8H2,1-6H3,(H,24,27). The third-order valence-corrected chi connectivity index (χ3v) is 4.91. The smallest absolute Gasteiger partial charge is 0.408 e. The first-order chi connectivity index (χ1) is 13.9. The first-order valence-electron chi connectivity index (χ1n) is 9.92. The lowest BCUT2D eigenvalue weighted by Crippen LogP contribution is -2.48. The van der Waals surface area contributed by atoms with Gasteiger partial charge in [-0.1, -0.05) is 38.8 Å². The number of fused-ring (bicyclic) bond motifs is 1. The molecule has 1 aromatic carbocycles. The number of carbonyl (C=O) groups excluding carboxylic acids is 2. The van der Waals surface area contributed by atoms with Gasteiger partial charge in [0.2, 0.25) is 0 Å². The summed E-state index contributed by atoms with van der Waals surface area (Å²) in [6.45, 7) is 10.8. The summed E-state index contributed by atoms with van der Waals surface area (Å²) in [5.41, 5.74) is -0.149. The number of carbonyl (C=O) groups is 2. The van der Waals surface area contributed by atoms with Crippen LogP contribution in [0.4, 0.5) is 4.79 Å². The number of halogens is 1. The topological polar surface area (TPSA) is 94.8 Å². The van der Waals surface area contributed by atoms with Gasteiger partial charge in [0.15, 0.2) is 5.75 Å². The number of benzene rings is 1. The van der Waals surface area contributed by atoms with Crippen LogP contribution in [-0.2, 0) is 16.0 Å². The number of nitrogens with one attached hydrogen (secondary N) is 1. The fourth-order valence-electron chi connectivity index (χ4n) is 2.87. The fourth-order valence-corrected chi connectivity index (χ4v) is 3.08. The highest BCUT2D eigenvalue weighted by Gasteiger charge is 2.30. The number of amides is 1. The van der Waals surface area contributed by atoms with Crippen molar-refractivity contribution in [2.24, 2.45) is 5.92 Å². The van der Waals surface area contributed by atoms with Gasteiger partial charge in [0.25, 0.3) is 0 Å². The van der Waals surface area contributed by atoms with Crippen LogP contribution < -0.4 is 15.7 Å². The van der Waals surface area contributed by atoms with Crippen molar-refractivity contribution >= 4 is 34.6 Å². The number of hydrogen-bond donors (Lipinski definition) is 1. The molecule has 0 saturated heterocycles. The molecule has 2 unspecified atom stereocenters. The van der Waals surface area contributed by atoms with Gasteiger partial charge in [-0.2, -0.15) is 0 Å². The quantitative estimate of drug-likeness (QED) is 0.394. The van der Waals surface area contributed by atoms with Gasteiger partial charge in [0, 0.05) is 17.5 Å². The highest BCUT2D eigenvalue weighted by atomic mass is 35.5. The average Bonchev–Trinajstić information content (AvgIpc) is 2.64. The van der Waals surface area contributed by atoms with E-state index in [1.807, 2.05) is 20.8 Å². The van der Waals surface area contributed by atoms with Crippen molar-refractivity contribution in [3.05, 3.63) is 39.2 Å². The van der Waals surface area contributed by atoms with E-state index in [0.29, 0.717) is 18.2 Å². The molecular weight excluding hydrogens is 410 g/mol. The number of alkyl carbamates (subject to hydrolysis) is 1. The second-order valence-electron chi connectivity index (χ2n) is 8.15. The van der Waals surface area contributed by atoms with Crippen molar-refractivity contribution < 1.29 is 23.5 Å². The largest absolute Gasteiger partial charge is 0.444 e. The summed E-state index contributed by atoms with van der Waals surface area (Å²) < 4.78 is 16.0. The Labute approximate surface area is 180 Å². The summed E-state index contributed by atoms with van der Waals surface area (Å²) in [7, 11) is 0. The average molecular weight is 438 g/mol. The summed E-state index contributed by atoms with van der Waals surface area (Å²) in [6, 6.07) is 3.48. The molecule has 0 aliphatic rings. The molecule has 0 aliphatic carbocycles. The van der Waals surface area contributed by atoms with E-state index in [0.717, 1.165) is 5.56 Å². The minimum atomic E-state index is -0.939. The zero-order valence-electron chi connectivity index (χ0n) is 18.1. The van der Waals surface area contributed by atoms with Crippen molar-refractivity contribution in [2.45, 2.75) is 66.0 Å². The normalized spacial score (nSPS) is 13.6. The number of hydrogen-bond acceptors (Lipinski definition) is 6. The molecule has 8 heteroatoms. The van der Waals surface area contributed by atoms with Crippen molar-refractivity contribution in [3.8, 4) is 5.75 Å². The van der Waals surface area contributed by atoms with Crippen molar-refractivity contribution in [1.82, 2.24) is 5.32 Å². The molecular formula is C22H28ClNO6. The van der Waals surface area contributed by atoms with Gasteiger partial charge in [-0.25, -0.2) is 14.4 Å². The Morgan fingerprint density at radius 2 is 1.87 bits per heavy atom. The van der Waals surface area contributed by atoms with Crippen LogP contribution in [0, 0.1) is 5.92 Å². The maximum atomic E-state index is 12.8. The Bertz CT molecular complexity index is 992. The van der Waals surface area contributed by atoms with E-state index in [9.17, 15) is 14.4 Å². The molecule has 1 aromatic heterocycles. The molecule has 1 heterocycles. The molecule has 0 aliphatic heterocycles. The Hall–Kier alpha value is -2.54. The van der Waals surface area contributed by atoms with Crippen molar-refractivity contribution in [1.29, 1.82) is 0 Å². The Balaban J connectivity index is 2.32. The SMILES string of the molecule is CCc1cc(=O)oc2cc(OC(=O)C(NC(=O)OC(C)(C)C)C(C)CC)c(Cl)cc12. The van der Waals surface area contributed by atoms with Crippen LogP contribution in [0.15, 0.2) is 27.4 Å². The minimum absolute atomic E-state index is 0.0462. The number of rotatable bonds is 6. The van der Waals surface area contributed by atoms with Crippen LogP contribution in [-0.4, -0.2) is 23.7 Å². The summed E-state index contributed by atoms with van der Waals surface area (Å²) >= 11 is 6.32. The van der Waals surface area contributed by atoms with Crippen molar-refractivity contribution in [3.63, 3.8) is 0 Å².